The van der Waals surface area contributed by atoms with Crippen LogP contribution >= 0.6 is 11.3 Å². The highest BCUT2D eigenvalue weighted by Gasteiger charge is 2.03. The van der Waals surface area contributed by atoms with Crippen molar-refractivity contribution >= 4 is 11.3 Å². The van der Waals surface area contributed by atoms with Crippen LogP contribution in [0, 0.1) is 0 Å². The maximum atomic E-state index is 5.86. The SMILES string of the molecule is CCCNCc1ccc(COc2ccc(C(C)C)cc2)s1. The van der Waals surface area contributed by atoms with Crippen LogP contribution in [0.25, 0.3) is 0 Å². The summed E-state index contributed by atoms with van der Waals surface area (Å²) >= 11 is 1.82. The Morgan fingerprint density at radius 1 is 1.05 bits per heavy atom. The molecule has 0 unspecified atom stereocenters. The van der Waals surface area contributed by atoms with E-state index >= 15 is 0 Å². The van der Waals surface area contributed by atoms with E-state index in [1.165, 1.54) is 21.7 Å². The zero-order valence-corrected chi connectivity index (χ0v) is 14.0. The van der Waals surface area contributed by atoms with Gasteiger partial charge in [-0.15, -0.1) is 11.3 Å². The van der Waals surface area contributed by atoms with Gasteiger partial charge < -0.3 is 10.1 Å². The van der Waals surface area contributed by atoms with Gasteiger partial charge in [0.15, 0.2) is 0 Å². The second-order valence-corrected chi connectivity index (χ2v) is 6.81. The largest absolute Gasteiger partial charge is 0.488 e. The Morgan fingerprint density at radius 3 is 2.43 bits per heavy atom. The highest BCUT2D eigenvalue weighted by Crippen LogP contribution is 2.21. The first-order chi connectivity index (χ1) is 10.2. The number of rotatable bonds is 8. The van der Waals surface area contributed by atoms with Gasteiger partial charge in [0.05, 0.1) is 0 Å². The molecule has 0 saturated carbocycles. The molecule has 1 heterocycles. The topological polar surface area (TPSA) is 21.3 Å². The molecular weight excluding hydrogens is 278 g/mol. The Morgan fingerprint density at radius 2 is 1.76 bits per heavy atom. The van der Waals surface area contributed by atoms with E-state index in [0.717, 1.165) is 18.8 Å². The predicted molar refractivity (Wildman–Crippen MR) is 91.2 cm³/mol. The average molecular weight is 303 g/mol. The summed E-state index contributed by atoms with van der Waals surface area (Å²) in [6.07, 6.45) is 1.17. The second-order valence-electron chi connectivity index (χ2n) is 5.56. The Kier molecular flexibility index (Phi) is 6.27. The lowest BCUT2D eigenvalue weighted by molar-refractivity contribution is 0.309. The lowest BCUT2D eigenvalue weighted by Gasteiger charge is -2.08. The number of hydrogen-bond acceptors (Lipinski definition) is 3. The van der Waals surface area contributed by atoms with Crippen molar-refractivity contribution in [3.8, 4) is 5.75 Å². The molecule has 0 saturated heterocycles. The van der Waals surface area contributed by atoms with Gasteiger partial charge in [0.2, 0.25) is 0 Å². The number of hydrogen-bond donors (Lipinski definition) is 1. The van der Waals surface area contributed by atoms with Crippen LogP contribution in [0.1, 0.15) is 48.4 Å². The van der Waals surface area contributed by atoms with Gasteiger partial charge in [0.25, 0.3) is 0 Å². The molecule has 1 N–H and O–H groups in total. The minimum absolute atomic E-state index is 0.564. The Hall–Kier alpha value is -1.32. The molecule has 0 atom stereocenters. The third-order valence-electron chi connectivity index (χ3n) is 3.37. The van der Waals surface area contributed by atoms with E-state index in [9.17, 15) is 0 Å². The van der Waals surface area contributed by atoms with Crippen LogP contribution in [0.15, 0.2) is 36.4 Å². The van der Waals surface area contributed by atoms with E-state index in [-0.39, 0.29) is 0 Å². The summed E-state index contributed by atoms with van der Waals surface area (Å²) in [7, 11) is 0. The minimum atomic E-state index is 0.564. The first-order valence-corrected chi connectivity index (χ1v) is 8.51. The van der Waals surface area contributed by atoms with Crippen molar-refractivity contribution in [3.63, 3.8) is 0 Å². The first kappa shape index (κ1) is 16.1. The molecule has 0 amide bonds. The smallest absolute Gasteiger partial charge is 0.122 e. The summed E-state index contributed by atoms with van der Waals surface area (Å²) < 4.78 is 5.86. The normalized spacial score (nSPS) is 11.0. The zero-order chi connectivity index (χ0) is 15.1. The molecular formula is C18H25NOS. The van der Waals surface area contributed by atoms with E-state index in [1.54, 1.807) is 0 Å². The van der Waals surface area contributed by atoms with Gasteiger partial charge in [-0.25, -0.2) is 0 Å². The number of ether oxygens (including phenoxy) is 1. The fourth-order valence-corrected chi connectivity index (χ4v) is 2.99. The van der Waals surface area contributed by atoms with Crippen LogP contribution in [0.5, 0.6) is 5.75 Å². The van der Waals surface area contributed by atoms with Crippen molar-refractivity contribution in [1.82, 2.24) is 5.32 Å². The standard InChI is InChI=1S/C18H25NOS/c1-4-11-19-12-17-9-10-18(21-17)13-20-16-7-5-15(6-8-16)14(2)3/h5-10,14,19H,4,11-13H2,1-3H3. The number of benzene rings is 1. The van der Waals surface area contributed by atoms with Crippen molar-refractivity contribution in [2.75, 3.05) is 6.54 Å². The van der Waals surface area contributed by atoms with Crippen molar-refractivity contribution in [1.29, 1.82) is 0 Å². The monoisotopic (exact) mass is 303 g/mol. The third-order valence-corrected chi connectivity index (χ3v) is 4.43. The Bertz CT molecular complexity index is 530. The second kappa shape index (κ2) is 8.20. The quantitative estimate of drug-likeness (QED) is 0.697. The molecule has 0 aliphatic carbocycles. The van der Waals surface area contributed by atoms with Crippen LogP contribution in [0.3, 0.4) is 0 Å². The van der Waals surface area contributed by atoms with Crippen molar-refractivity contribution < 1.29 is 4.74 Å². The molecule has 0 radical (unpaired) electrons. The third kappa shape index (κ3) is 5.18. The molecule has 0 fully saturated rings. The molecule has 1 aromatic carbocycles. The molecule has 0 aliphatic heterocycles. The predicted octanol–water partition coefficient (Wildman–Crippen LogP) is 4.95. The van der Waals surface area contributed by atoms with Gasteiger partial charge in [0, 0.05) is 16.3 Å². The molecule has 0 aliphatic rings. The maximum absolute atomic E-state index is 5.86. The van der Waals surface area contributed by atoms with E-state index in [4.69, 9.17) is 4.74 Å². The zero-order valence-electron chi connectivity index (χ0n) is 13.2. The van der Waals surface area contributed by atoms with Gasteiger partial charge in [-0.1, -0.05) is 32.9 Å². The molecule has 21 heavy (non-hydrogen) atoms. The van der Waals surface area contributed by atoms with Crippen molar-refractivity contribution in [2.45, 2.75) is 46.3 Å². The highest BCUT2D eigenvalue weighted by molar-refractivity contribution is 7.11. The lowest BCUT2D eigenvalue weighted by atomic mass is 10.0. The average Bonchev–Trinajstić information content (AvgIpc) is 2.94. The summed E-state index contributed by atoms with van der Waals surface area (Å²) in [5, 5.41) is 3.42. The Balaban J connectivity index is 1.82. The summed E-state index contributed by atoms with van der Waals surface area (Å²) in [5.41, 5.74) is 1.35. The lowest BCUT2D eigenvalue weighted by Crippen LogP contribution is -2.12. The number of nitrogens with one attached hydrogen (secondary N) is 1. The molecule has 3 heteroatoms. The highest BCUT2D eigenvalue weighted by atomic mass is 32.1. The van der Waals surface area contributed by atoms with Crippen LogP contribution in [-0.2, 0) is 13.2 Å². The molecule has 114 valence electrons. The van der Waals surface area contributed by atoms with Crippen LogP contribution in [-0.4, -0.2) is 6.54 Å². The molecule has 2 nitrogen and oxygen atoms in total. The van der Waals surface area contributed by atoms with Gasteiger partial charge in [-0.2, -0.15) is 0 Å². The van der Waals surface area contributed by atoms with Gasteiger partial charge in [0.1, 0.15) is 12.4 Å². The number of thiophene rings is 1. The summed E-state index contributed by atoms with van der Waals surface area (Å²) in [5.74, 6) is 1.51. The molecule has 0 bridgehead atoms. The summed E-state index contributed by atoms with van der Waals surface area (Å²) in [4.78, 5) is 2.65. The van der Waals surface area contributed by atoms with Crippen molar-refractivity contribution in [2.24, 2.45) is 0 Å². The van der Waals surface area contributed by atoms with E-state index < -0.39 is 0 Å². The molecule has 2 aromatic rings. The van der Waals surface area contributed by atoms with Gasteiger partial charge in [-0.3, -0.25) is 0 Å². The van der Waals surface area contributed by atoms with Crippen LogP contribution in [0.4, 0.5) is 0 Å². The summed E-state index contributed by atoms with van der Waals surface area (Å²) in [6, 6.07) is 12.8. The molecule has 1 aromatic heterocycles. The van der Waals surface area contributed by atoms with E-state index in [1.807, 2.05) is 11.3 Å². The maximum Gasteiger partial charge on any atom is 0.122 e. The summed E-state index contributed by atoms with van der Waals surface area (Å²) in [6.45, 7) is 9.28. The molecule has 2 rings (SSSR count). The van der Waals surface area contributed by atoms with Crippen LogP contribution in [0.2, 0.25) is 0 Å². The molecule has 0 spiro atoms. The first-order valence-electron chi connectivity index (χ1n) is 7.70. The Labute approximate surface area is 132 Å². The van der Waals surface area contributed by atoms with Gasteiger partial charge >= 0.3 is 0 Å². The van der Waals surface area contributed by atoms with E-state index in [0.29, 0.717) is 12.5 Å². The van der Waals surface area contributed by atoms with E-state index in [2.05, 4.69) is 62.5 Å². The fourth-order valence-electron chi connectivity index (χ4n) is 2.09. The fraction of sp³-hybridized carbons (Fsp3) is 0.444. The minimum Gasteiger partial charge on any atom is -0.488 e. The van der Waals surface area contributed by atoms with Crippen molar-refractivity contribution in [3.05, 3.63) is 51.7 Å². The van der Waals surface area contributed by atoms with Gasteiger partial charge in [-0.05, 0) is 48.7 Å². The van der Waals surface area contributed by atoms with Crippen LogP contribution < -0.4 is 10.1 Å².